The highest BCUT2D eigenvalue weighted by Gasteiger charge is 2.30. The van der Waals surface area contributed by atoms with Crippen molar-refractivity contribution in [1.29, 1.82) is 0 Å². The molecule has 3 N–H and O–H groups in total. The number of rotatable bonds is 11. The van der Waals surface area contributed by atoms with Crippen LogP contribution in [0.1, 0.15) is 60.3 Å². The van der Waals surface area contributed by atoms with E-state index in [0.29, 0.717) is 6.04 Å². The molecule has 0 fully saturated rings. The summed E-state index contributed by atoms with van der Waals surface area (Å²) in [6.45, 7) is 13.3. The van der Waals surface area contributed by atoms with Crippen molar-refractivity contribution in [2.45, 2.75) is 71.9 Å². The molecule has 0 saturated heterocycles. The first-order valence-electron chi connectivity index (χ1n) is 7.66. The molecule has 0 aromatic rings. The highest BCUT2D eigenvalue weighted by atomic mass is 16.1. The van der Waals surface area contributed by atoms with Gasteiger partial charge in [-0.25, -0.2) is 0 Å². The number of nitrogens with two attached hydrogens (primary N) is 1. The topological polar surface area (TPSA) is 58.4 Å². The van der Waals surface area contributed by atoms with E-state index in [2.05, 4.69) is 31.0 Å². The van der Waals surface area contributed by atoms with Crippen LogP contribution < -0.4 is 11.1 Å². The van der Waals surface area contributed by atoms with Gasteiger partial charge in [0.05, 0.1) is 5.54 Å². The molecule has 19 heavy (non-hydrogen) atoms. The Morgan fingerprint density at radius 1 is 1.26 bits per heavy atom. The van der Waals surface area contributed by atoms with Gasteiger partial charge in [0.15, 0.2) is 0 Å². The lowest BCUT2D eigenvalue weighted by atomic mass is 9.96. The van der Waals surface area contributed by atoms with E-state index in [9.17, 15) is 4.79 Å². The molecule has 114 valence electrons. The minimum Gasteiger partial charge on any atom is -0.368 e. The summed E-state index contributed by atoms with van der Waals surface area (Å²) in [5.74, 6) is -0.258. The molecule has 0 aliphatic carbocycles. The molecule has 0 spiro atoms. The van der Waals surface area contributed by atoms with Crippen molar-refractivity contribution in [1.82, 2.24) is 10.2 Å². The Bertz CT molecular complexity index is 256. The van der Waals surface area contributed by atoms with Gasteiger partial charge in [-0.15, -0.1) is 0 Å². The van der Waals surface area contributed by atoms with Gasteiger partial charge in [-0.05, 0) is 46.7 Å². The molecule has 0 heterocycles. The van der Waals surface area contributed by atoms with Crippen molar-refractivity contribution in [3.05, 3.63) is 0 Å². The number of likely N-dealkylation sites (N-methyl/N-ethyl adjacent to an activating group) is 1. The minimum absolute atomic E-state index is 0.258. The van der Waals surface area contributed by atoms with Crippen molar-refractivity contribution in [2.24, 2.45) is 5.73 Å². The van der Waals surface area contributed by atoms with Crippen LogP contribution in [0.5, 0.6) is 0 Å². The molecular formula is C15H33N3O. The van der Waals surface area contributed by atoms with Crippen molar-refractivity contribution in [3.63, 3.8) is 0 Å². The molecule has 0 aromatic heterocycles. The van der Waals surface area contributed by atoms with Gasteiger partial charge in [0.1, 0.15) is 0 Å². The number of carbonyl (C=O) groups excluding carboxylic acids is 1. The van der Waals surface area contributed by atoms with Gasteiger partial charge < -0.3 is 16.0 Å². The molecule has 1 atom stereocenters. The van der Waals surface area contributed by atoms with Gasteiger partial charge in [0, 0.05) is 12.6 Å². The van der Waals surface area contributed by atoms with E-state index in [1.165, 1.54) is 19.3 Å². The number of nitrogens with one attached hydrogen (secondary N) is 1. The SMILES string of the molecule is CCCCCN(CCC(C)(NCC)C(N)=O)C(C)C. The Hall–Kier alpha value is -0.610. The van der Waals surface area contributed by atoms with E-state index < -0.39 is 5.54 Å². The van der Waals surface area contributed by atoms with Crippen LogP contribution >= 0.6 is 0 Å². The van der Waals surface area contributed by atoms with Crippen LogP contribution in [0.15, 0.2) is 0 Å². The van der Waals surface area contributed by atoms with Crippen LogP contribution in [-0.4, -0.2) is 42.0 Å². The number of primary amides is 1. The average molecular weight is 271 g/mol. The van der Waals surface area contributed by atoms with Gasteiger partial charge in [0.2, 0.25) is 5.91 Å². The smallest absolute Gasteiger partial charge is 0.237 e. The van der Waals surface area contributed by atoms with E-state index in [-0.39, 0.29) is 5.91 Å². The summed E-state index contributed by atoms with van der Waals surface area (Å²) in [4.78, 5) is 14.0. The number of hydrogen-bond donors (Lipinski definition) is 2. The molecule has 0 radical (unpaired) electrons. The van der Waals surface area contributed by atoms with Gasteiger partial charge >= 0.3 is 0 Å². The third-order valence-corrected chi connectivity index (χ3v) is 3.79. The van der Waals surface area contributed by atoms with Gasteiger partial charge in [-0.1, -0.05) is 26.7 Å². The van der Waals surface area contributed by atoms with Gasteiger partial charge in [0.25, 0.3) is 0 Å². The maximum absolute atomic E-state index is 11.6. The summed E-state index contributed by atoms with van der Waals surface area (Å²) in [5.41, 5.74) is 4.93. The van der Waals surface area contributed by atoms with Gasteiger partial charge in [-0.3, -0.25) is 4.79 Å². The van der Waals surface area contributed by atoms with E-state index in [0.717, 1.165) is 26.1 Å². The predicted molar refractivity (Wildman–Crippen MR) is 82.1 cm³/mol. The summed E-state index contributed by atoms with van der Waals surface area (Å²) in [6, 6.07) is 0.510. The lowest BCUT2D eigenvalue weighted by Gasteiger charge is -2.32. The summed E-state index contributed by atoms with van der Waals surface area (Å²) in [6.07, 6.45) is 4.50. The number of hydrogen-bond acceptors (Lipinski definition) is 3. The van der Waals surface area contributed by atoms with Crippen LogP contribution in [-0.2, 0) is 4.79 Å². The van der Waals surface area contributed by atoms with Crippen LogP contribution in [0, 0.1) is 0 Å². The lowest BCUT2D eigenvalue weighted by molar-refractivity contribution is -0.124. The molecule has 1 unspecified atom stereocenters. The quantitative estimate of drug-likeness (QED) is 0.566. The molecule has 0 saturated carbocycles. The summed E-state index contributed by atoms with van der Waals surface area (Å²) >= 11 is 0. The second kappa shape index (κ2) is 9.32. The highest BCUT2D eigenvalue weighted by Crippen LogP contribution is 2.12. The fraction of sp³-hybridized carbons (Fsp3) is 0.933. The average Bonchev–Trinajstić information content (AvgIpc) is 2.33. The molecule has 0 rings (SSSR count). The van der Waals surface area contributed by atoms with Crippen molar-refractivity contribution in [2.75, 3.05) is 19.6 Å². The molecule has 0 aromatic carbocycles. The van der Waals surface area contributed by atoms with E-state index in [4.69, 9.17) is 5.73 Å². The first-order valence-corrected chi connectivity index (χ1v) is 7.66. The van der Waals surface area contributed by atoms with Crippen LogP contribution in [0.2, 0.25) is 0 Å². The largest absolute Gasteiger partial charge is 0.368 e. The molecule has 4 heteroatoms. The molecule has 1 amide bonds. The summed E-state index contributed by atoms with van der Waals surface area (Å²) in [5, 5.41) is 3.22. The van der Waals surface area contributed by atoms with Crippen molar-refractivity contribution >= 4 is 5.91 Å². The second-order valence-electron chi connectivity index (χ2n) is 5.81. The molecule has 0 bridgehead atoms. The number of nitrogens with zero attached hydrogens (tertiary/aromatic N) is 1. The zero-order valence-corrected chi connectivity index (χ0v) is 13.5. The molecule has 0 aliphatic heterocycles. The third kappa shape index (κ3) is 6.92. The zero-order valence-electron chi connectivity index (χ0n) is 13.5. The summed E-state index contributed by atoms with van der Waals surface area (Å²) < 4.78 is 0. The van der Waals surface area contributed by atoms with E-state index in [1.54, 1.807) is 0 Å². The zero-order chi connectivity index (χ0) is 14.9. The van der Waals surface area contributed by atoms with Crippen molar-refractivity contribution in [3.8, 4) is 0 Å². The Balaban J connectivity index is 4.38. The summed E-state index contributed by atoms with van der Waals surface area (Å²) in [7, 11) is 0. The Morgan fingerprint density at radius 2 is 1.89 bits per heavy atom. The molecule has 4 nitrogen and oxygen atoms in total. The lowest BCUT2D eigenvalue weighted by Crippen LogP contribution is -2.54. The maximum Gasteiger partial charge on any atom is 0.237 e. The standard InChI is InChI=1S/C15H33N3O/c1-6-8-9-11-18(13(3)4)12-10-15(5,14(16)19)17-7-2/h13,17H,6-12H2,1-5H3,(H2,16,19). The van der Waals surface area contributed by atoms with E-state index >= 15 is 0 Å². The third-order valence-electron chi connectivity index (χ3n) is 3.79. The Labute approximate surface area is 119 Å². The Kier molecular flexibility index (Phi) is 9.02. The van der Waals surface area contributed by atoms with Crippen LogP contribution in [0.25, 0.3) is 0 Å². The fourth-order valence-electron chi connectivity index (χ4n) is 2.25. The monoisotopic (exact) mass is 271 g/mol. The fourth-order valence-corrected chi connectivity index (χ4v) is 2.25. The van der Waals surface area contributed by atoms with Crippen LogP contribution in [0.3, 0.4) is 0 Å². The predicted octanol–water partition coefficient (Wildman–Crippen LogP) is 2.13. The normalized spacial score (nSPS) is 14.9. The molecule has 0 aliphatic rings. The Morgan fingerprint density at radius 3 is 2.32 bits per heavy atom. The first kappa shape index (κ1) is 18.4. The number of carbonyl (C=O) groups is 1. The first-order chi connectivity index (χ1) is 8.87. The minimum atomic E-state index is -0.591. The van der Waals surface area contributed by atoms with Crippen LogP contribution in [0.4, 0.5) is 0 Å². The number of amides is 1. The maximum atomic E-state index is 11.6. The van der Waals surface area contributed by atoms with Crippen molar-refractivity contribution < 1.29 is 4.79 Å². The van der Waals surface area contributed by atoms with E-state index in [1.807, 2.05) is 13.8 Å². The second-order valence-corrected chi connectivity index (χ2v) is 5.81. The molecular weight excluding hydrogens is 238 g/mol. The van der Waals surface area contributed by atoms with Gasteiger partial charge in [-0.2, -0.15) is 0 Å². The highest BCUT2D eigenvalue weighted by molar-refractivity contribution is 5.84. The number of unbranched alkanes of at least 4 members (excludes halogenated alkanes) is 2.